The number of para-hydroxylation sites is 1. The van der Waals surface area contributed by atoms with E-state index in [4.69, 9.17) is 4.98 Å². The predicted octanol–water partition coefficient (Wildman–Crippen LogP) is 3.92. The smallest absolute Gasteiger partial charge is 0.108 e. The Hall–Kier alpha value is -0.930. The molecule has 2 heterocycles. The lowest BCUT2D eigenvalue weighted by Crippen LogP contribution is -2.34. The van der Waals surface area contributed by atoms with E-state index in [-0.39, 0.29) is 0 Å². The third-order valence-corrected chi connectivity index (χ3v) is 4.90. The van der Waals surface area contributed by atoms with Crippen LogP contribution < -0.4 is 0 Å². The van der Waals surface area contributed by atoms with E-state index < -0.39 is 0 Å². The zero-order chi connectivity index (χ0) is 12.4. The van der Waals surface area contributed by atoms with Crippen molar-refractivity contribution in [3.05, 3.63) is 29.3 Å². The average molecular weight is 260 g/mol. The number of benzene rings is 1. The molecule has 1 aliphatic rings. The average Bonchev–Trinajstić information content (AvgIpc) is 2.81. The van der Waals surface area contributed by atoms with Gasteiger partial charge in [-0.2, -0.15) is 0 Å². The molecule has 2 aromatic rings. The fourth-order valence-electron chi connectivity index (χ4n) is 2.81. The maximum Gasteiger partial charge on any atom is 0.108 e. The normalized spacial score (nSPS) is 21.5. The largest absolute Gasteiger partial charge is 0.296 e. The highest BCUT2D eigenvalue weighted by Crippen LogP contribution is 2.25. The van der Waals surface area contributed by atoms with Gasteiger partial charge in [0.15, 0.2) is 0 Å². The molecule has 1 saturated heterocycles. The van der Waals surface area contributed by atoms with Gasteiger partial charge in [0.2, 0.25) is 0 Å². The number of fused-ring (bicyclic) bond motifs is 1. The third kappa shape index (κ3) is 2.57. The zero-order valence-electron chi connectivity index (χ0n) is 10.9. The Morgan fingerprint density at radius 2 is 2.28 bits per heavy atom. The number of likely N-dealkylation sites (tertiary alicyclic amines) is 1. The second-order valence-corrected chi connectivity index (χ2v) is 6.34. The summed E-state index contributed by atoms with van der Waals surface area (Å²) in [4.78, 5) is 7.31. The first-order valence-corrected chi connectivity index (χ1v) is 7.73. The van der Waals surface area contributed by atoms with E-state index in [9.17, 15) is 0 Å². The molecule has 2 nitrogen and oxygen atoms in total. The number of piperidine rings is 1. The van der Waals surface area contributed by atoms with E-state index in [1.165, 1.54) is 42.1 Å². The number of nitrogens with zero attached hydrogens (tertiary/aromatic N) is 2. The SMILES string of the molecule is CC[C@@H]1CCCN(Cc2nc3ccccc3s2)C1. The number of hydrogen-bond donors (Lipinski definition) is 0. The van der Waals surface area contributed by atoms with Crippen LogP contribution in [0.15, 0.2) is 24.3 Å². The van der Waals surface area contributed by atoms with Crippen molar-refractivity contribution < 1.29 is 0 Å². The van der Waals surface area contributed by atoms with Gasteiger partial charge in [-0.05, 0) is 37.4 Å². The van der Waals surface area contributed by atoms with E-state index in [1.807, 2.05) is 11.3 Å². The molecule has 0 unspecified atom stereocenters. The van der Waals surface area contributed by atoms with Gasteiger partial charge >= 0.3 is 0 Å². The summed E-state index contributed by atoms with van der Waals surface area (Å²) in [5, 5.41) is 1.27. The summed E-state index contributed by atoms with van der Waals surface area (Å²) in [5.74, 6) is 0.896. The topological polar surface area (TPSA) is 16.1 Å². The lowest BCUT2D eigenvalue weighted by molar-refractivity contribution is 0.164. The minimum atomic E-state index is 0.896. The summed E-state index contributed by atoms with van der Waals surface area (Å²) < 4.78 is 1.32. The summed E-state index contributed by atoms with van der Waals surface area (Å²) in [6.07, 6.45) is 4.08. The van der Waals surface area contributed by atoms with Gasteiger partial charge < -0.3 is 0 Å². The lowest BCUT2D eigenvalue weighted by atomic mass is 9.96. The number of hydrogen-bond acceptors (Lipinski definition) is 3. The van der Waals surface area contributed by atoms with Gasteiger partial charge in [0, 0.05) is 6.54 Å². The van der Waals surface area contributed by atoms with E-state index >= 15 is 0 Å². The van der Waals surface area contributed by atoms with Crippen molar-refractivity contribution in [1.29, 1.82) is 0 Å². The quantitative estimate of drug-likeness (QED) is 0.831. The molecule has 1 fully saturated rings. The molecule has 1 atom stereocenters. The molecule has 18 heavy (non-hydrogen) atoms. The van der Waals surface area contributed by atoms with Crippen LogP contribution in [0.1, 0.15) is 31.2 Å². The Bertz CT molecular complexity index is 487. The number of aromatic nitrogens is 1. The van der Waals surface area contributed by atoms with E-state index in [0.29, 0.717) is 0 Å². The fourth-order valence-corrected chi connectivity index (χ4v) is 3.82. The minimum absolute atomic E-state index is 0.896. The van der Waals surface area contributed by atoms with Gasteiger partial charge in [-0.25, -0.2) is 4.98 Å². The highest BCUT2D eigenvalue weighted by atomic mass is 32.1. The van der Waals surface area contributed by atoms with Crippen LogP contribution in [0.2, 0.25) is 0 Å². The molecule has 1 aromatic carbocycles. The van der Waals surface area contributed by atoms with Crippen molar-refractivity contribution in [2.75, 3.05) is 13.1 Å². The van der Waals surface area contributed by atoms with Crippen LogP contribution in [0.4, 0.5) is 0 Å². The van der Waals surface area contributed by atoms with E-state index in [1.54, 1.807) is 0 Å². The van der Waals surface area contributed by atoms with Crippen LogP contribution >= 0.6 is 11.3 Å². The summed E-state index contributed by atoms with van der Waals surface area (Å²) in [6, 6.07) is 8.44. The Labute approximate surface area is 113 Å². The predicted molar refractivity (Wildman–Crippen MR) is 77.9 cm³/mol. The summed E-state index contributed by atoms with van der Waals surface area (Å²) in [7, 11) is 0. The lowest BCUT2D eigenvalue weighted by Gasteiger charge is -2.31. The van der Waals surface area contributed by atoms with E-state index in [2.05, 4.69) is 36.1 Å². The van der Waals surface area contributed by atoms with Crippen molar-refractivity contribution >= 4 is 21.6 Å². The molecule has 0 saturated carbocycles. The van der Waals surface area contributed by atoms with Gasteiger partial charge in [0.1, 0.15) is 5.01 Å². The highest BCUT2D eigenvalue weighted by Gasteiger charge is 2.19. The van der Waals surface area contributed by atoms with Crippen molar-refractivity contribution in [2.45, 2.75) is 32.7 Å². The molecule has 1 aromatic heterocycles. The van der Waals surface area contributed by atoms with Crippen molar-refractivity contribution in [1.82, 2.24) is 9.88 Å². The number of thiazole rings is 1. The molecule has 0 amide bonds. The van der Waals surface area contributed by atoms with Gasteiger partial charge in [-0.3, -0.25) is 4.90 Å². The Morgan fingerprint density at radius 1 is 1.39 bits per heavy atom. The molecule has 0 aliphatic carbocycles. The van der Waals surface area contributed by atoms with Gasteiger partial charge in [0.25, 0.3) is 0 Å². The third-order valence-electron chi connectivity index (χ3n) is 3.88. The molecule has 3 rings (SSSR count). The van der Waals surface area contributed by atoms with Crippen LogP contribution in [-0.4, -0.2) is 23.0 Å². The van der Waals surface area contributed by atoms with Crippen LogP contribution in [0.5, 0.6) is 0 Å². The summed E-state index contributed by atoms with van der Waals surface area (Å²) in [5.41, 5.74) is 1.15. The first-order chi connectivity index (χ1) is 8.85. The van der Waals surface area contributed by atoms with Gasteiger partial charge in [-0.1, -0.05) is 25.5 Å². The Balaban J connectivity index is 1.71. The van der Waals surface area contributed by atoms with Crippen molar-refractivity contribution in [3.8, 4) is 0 Å². The van der Waals surface area contributed by atoms with Gasteiger partial charge in [0.05, 0.1) is 16.8 Å². The van der Waals surface area contributed by atoms with Crippen LogP contribution in [0.25, 0.3) is 10.2 Å². The highest BCUT2D eigenvalue weighted by molar-refractivity contribution is 7.18. The first kappa shape index (κ1) is 12.1. The fraction of sp³-hybridized carbons (Fsp3) is 0.533. The minimum Gasteiger partial charge on any atom is -0.296 e. The Morgan fingerprint density at radius 3 is 3.11 bits per heavy atom. The maximum absolute atomic E-state index is 4.73. The molecule has 0 radical (unpaired) electrons. The molecule has 0 N–H and O–H groups in total. The second kappa shape index (κ2) is 5.37. The molecular formula is C15H20N2S. The molecule has 1 aliphatic heterocycles. The van der Waals surface area contributed by atoms with E-state index in [0.717, 1.165) is 18.0 Å². The summed E-state index contributed by atoms with van der Waals surface area (Å²) >= 11 is 1.85. The first-order valence-electron chi connectivity index (χ1n) is 6.92. The van der Waals surface area contributed by atoms with Crippen molar-refractivity contribution in [3.63, 3.8) is 0 Å². The van der Waals surface area contributed by atoms with Gasteiger partial charge in [-0.15, -0.1) is 11.3 Å². The molecular weight excluding hydrogens is 240 g/mol. The molecule has 0 spiro atoms. The van der Waals surface area contributed by atoms with Crippen LogP contribution in [0.3, 0.4) is 0 Å². The number of rotatable bonds is 3. The van der Waals surface area contributed by atoms with Crippen molar-refractivity contribution in [2.24, 2.45) is 5.92 Å². The second-order valence-electron chi connectivity index (χ2n) is 5.23. The Kier molecular flexibility index (Phi) is 3.62. The molecule has 0 bridgehead atoms. The zero-order valence-corrected chi connectivity index (χ0v) is 11.7. The summed E-state index contributed by atoms with van der Waals surface area (Å²) in [6.45, 7) is 5.85. The maximum atomic E-state index is 4.73. The monoisotopic (exact) mass is 260 g/mol. The van der Waals surface area contributed by atoms with Crippen LogP contribution in [0, 0.1) is 5.92 Å². The molecule has 3 heteroatoms. The van der Waals surface area contributed by atoms with Crippen LogP contribution in [-0.2, 0) is 6.54 Å². The standard InChI is InChI=1S/C15H20N2S/c1-2-12-6-5-9-17(10-12)11-15-16-13-7-3-4-8-14(13)18-15/h3-4,7-8,12H,2,5-6,9-11H2,1H3/t12-/m1/s1. The molecule has 96 valence electrons.